The van der Waals surface area contributed by atoms with Gasteiger partial charge < -0.3 is 10.1 Å². The minimum absolute atomic E-state index is 0.0225. The fraction of sp³-hybridized carbons (Fsp3) is 0.739. The van der Waals surface area contributed by atoms with Gasteiger partial charge in [-0.25, -0.2) is 4.48 Å². The molecule has 0 bridgehead atoms. The molecule has 156 valence electrons. The van der Waals surface area contributed by atoms with E-state index in [1.165, 1.54) is 24.1 Å². The van der Waals surface area contributed by atoms with Crippen molar-refractivity contribution in [2.45, 2.75) is 71.3 Å². The fourth-order valence-corrected chi connectivity index (χ4v) is 5.44. The number of quaternary nitrogens is 1. The van der Waals surface area contributed by atoms with E-state index < -0.39 is 0 Å². The molecule has 0 saturated carbocycles. The highest BCUT2D eigenvalue weighted by atomic mass is 16.6. The number of rotatable bonds is 5. The average Bonchev–Trinajstić information content (AvgIpc) is 2.96. The molecule has 0 spiro atoms. The maximum absolute atomic E-state index is 13.6. The summed E-state index contributed by atoms with van der Waals surface area (Å²) in [5, 5.41) is 3.53. The predicted octanol–water partition coefficient (Wildman–Crippen LogP) is 4.41. The highest BCUT2D eigenvalue weighted by Crippen LogP contribution is 2.46. The van der Waals surface area contributed by atoms with Crippen molar-refractivity contribution in [1.82, 2.24) is 10.3 Å². The molecule has 3 rings (SSSR count). The molecule has 2 aliphatic heterocycles. The number of nitrogens with zero attached hydrogens (tertiary/aromatic N) is 2. The summed E-state index contributed by atoms with van der Waals surface area (Å²) in [7, 11) is 0. The van der Waals surface area contributed by atoms with Crippen molar-refractivity contribution in [2.75, 3.05) is 32.8 Å². The summed E-state index contributed by atoms with van der Waals surface area (Å²) in [5.74, 6) is 0.535. The van der Waals surface area contributed by atoms with Gasteiger partial charge in [0.25, 0.3) is 0 Å². The van der Waals surface area contributed by atoms with Gasteiger partial charge in [0, 0.05) is 37.7 Å². The van der Waals surface area contributed by atoms with Crippen LogP contribution in [0.25, 0.3) is 0 Å². The Kier molecular flexibility index (Phi) is 7.10. The molecule has 1 amide bonds. The van der Waals surface area contributed by atoms with Crippen LogP contribution in [0.2, 0.25) is 0 Å². The van der Waals surface area contributed by atoms with Crippen LogP contribution in [-0.4, -0.2) is 48.3 Å². The lowest BCUT2D eigenvalue weighted by Gasteiger charge is -2.52. The van der Waals surface area contributed by atoms with Crippen molar-refractivity contribution in [2.24, 2.45) is 5.92 Å². The molecule has 0 aromatic carbocycles. The highest BCUT2D eigenvalue weighted by Gasteiger charge is 2.59. The number of pyridine rings is 1. The molecule has 0 aliphatic carbocycles. The van der Waals surface area contributed by atoms with E-state index in [2.05, 4.69) is 31.3 Å². The van der Waals surface area contributed by atoms with E-state index in [1.807, 2.05) is 13.1 Å². The van der Waals surface area contributed by atoms with E-state index in [1.54, 1.807) is 0 Å². The Labute approximate surface area is 170 Å². The van der Waals surface area contributed by atoms with Crippen molar-refractivity contribution < 1.29 is 14.0 Å². The van der Waals surface area contributed by atoms with Gasteiger partial charge in [-0.1, -0.05) is 13.8 Å². The van der Waals surface area contributed by atoms with Crippen LogP contribution in [0.15, 0.2) is 18.3 Å². The summed E-state index contributed by atoms with van der Waals surface area (Å²) in [6, 6.07) is 4.31. The van der Waals surface area contributed by atoms with E-state index in [0.29, 0.717) is 17.0 Å². The Morgan fingerprint density at radius 2 is 1.89 bits per heavy atom. The maximum atomic E-state index is 13.6. The maximum Gasteiger partial charge on any atom is 0.516 e. The lowest BCUT2D eigenvalue weighted by molar-refractivity contribution is -0.919. The number of amides is 1. The molecule has 0 radical (unpaired) electrons. The second-order valence-electron chi connectivity index (χ2n) is 8.91. The molecule has 3 heterocycles. The Balaban J connectivity index is 2.17. The molecule has 2 saturated heterocycles. The van der Waals surface area contributed by atoms with E-state index >= 15 is 0 Å². The molecule has 28 heavy (non-hydrogen) atoms. The molecule has 0 atom stereocenters. The molecule has 2 fully saturated rings. The van der Waals surface area contributed by atoms with E-state index in [9.17, 15) is 4.79 Å². The first-order chi connectivity index (χ1) is 13.6. The first-order valence-electron chi connectivity index (χ1n) is 11.3. The molecule has 1 aromatic heterocycles. The Bertz CT molecular complexity index is 645. The van der Waals surface area contributed by atoms with Crippen molar-refractivity contribution in [1.29, 1.82) is 0 Å². The second kappa shape index (κ2) is 9.36. The molecule has 2 aliphatic rings. The van der Waals surface area contributed by atoms with Crippen LogP contribution in [0.1, 0.15) is 70.6 Å². The third-order valence-corrected chi connectivity index (χ3v) is 6.69. The normalized spacial score (nSPS) is 21.9. The van der Waals surface area contributed by atoms with Gasteiger partial charge in [0.1, 0.15) is 5.54 Å². The van der Waals surface area contributed by atoms with Gasteiger partial charge >= 0.3 is 6.09 Å². The zero-order valence-electron chi connectivity index (χ0n) is 18.0. The molecule has 5 nitrogen and oxygen atoms in total. The van der Waals surface area contributed by atoms with Gasteiger partial charge in [0.2, 0.25) is 0 Å². The summed E-state index contributed by atoms with van der Waals surface area (Å²) < 4.78 is 6.21. The molecule has 1 N–H and O–H groups in total. The number of piperidine rings is 1. The summed E-state index contributed by atoms with van der Waals surface area (Å²) in [6.07, 6.45) is 9.36. The van der Waals surface area contributed by atoms with Crippen LogP contribution in [0.4, 0.5) is 4.79 Å². The zero-order valence-corrected chi connectivity index (χ0v) is 18.0. The number of hydrogen-bond donors (Lipinski definition) is 1. The number of ether oxygens (including phenoxy) is 1. The molecule has 5 heteroatoms. The third kappa shape index (κ3) is 3.97. The van der Waals surface area contributed by atoms with Gasteiger partial charge in [-0.15, -0.1) is 0 Å². The smallest absolute Gasteiger partial charge is 0.420 e. The topological polar surface area (TPSA) is 51.2 Å². The number of aromatic nitrogens is 1. The SMILES string of the molecule is CCOC(=O)[N+]1(C2(c3cccnc3CC(C)C)CCNCC2)CCCCCC1. The largest absolute Gasteiger partial charge is 0.516 e. The third-order valence-electron chi connectivity index (χ3n) is 6.69. The van der Waals surface area contributed by atoms with E-state index in [-0.39, 0.29) is 11.6 Å². The summed E-state index contributed by atoms with van der Waals surface area (Å²) >= 11 is 0. The van der Waals surface area contributed by atoms with Crippen molar-refractivity contribution in [3.05, 3.63) is 29.6 Å². The molecular weight excluding hydrogens is 350 g/mol. The number of carbonyl (C=O) groups is 1. The first-order valence-corrected chi connectivity index (χ1v) is 11.3. The fourth-order valence-electron chi connectivity index (χ4n) is 5.44. The number of carbonyl (C=O) groups excluding carboxylic acids is 1. The highest BCUT2D eigenvalue weighted by molar-refractivity contribution is 5.61. The van der Waals surface area contributed by atoms with Crippen molar-refractivity contribution in [3.63, 3.8) is 0 Å². The first kappa shape index (κ1) is 21.3. The Morgan fingerprint density at radius 3 is 2.50 bits per heavy atom. The average molecular weight is 389 g/mol. The summed E-state index contributed by atoms with van der Waals surface area (Å²) in [6.45, 7) is 10.5. The van der Waals surface area contributed by atoms with Crippen molar-refractivity contribution >= 4 is 6.09 Å². The van der Waals surface area contributed by atoms with Crippen molar-refractivity contribution in [3.8, 4) is 0 Å². The number of hydrogen-bond acceptors (Lipinski definition) is 4. The van der Waals surface area contributed by atoms with E-state index in [4.69, 9.17) is 9.72 Å². The van der Waals surface area contributed by atoms with Gasteiger partial charge in [-0.2, -0.15) is 4.79 Å². The van der Waals surface area contributed by atoms with Crippen LogP contribution in [-0.2, 0) is 16.7 Å². The lowest BCUT2D eigenvalue weighted by atomic mass is 9.75. The van der Waals surface area contributed by atoms with Crippen LogP contribution in [0.5, 0.6) is 0 Å². The van der Waals surface area contributed by atoms with Gasteiger partial charge in [-0.3, -0.25) is 4.98 Å². The van der Waals surface area contributed by atoms with Gasteiger partial charge in [-0.05, 0) is 57.1 Å². The summed E-state index contributed by atoms with van der Waals surface area (Å²) in [5.41, 5.74) is 2.23. The minimum atomic E-state index is -0.236. The lowest BCUT2D eigenvalue weighted by Crippen LogP contribution is -2.68. The van der Waals surface area contributed by atoms with Gasteiger partial charge in [0.05, 0.1) is 25.4 Å². The number of nitrogens with one attached hydrogen (secondary N) is 1. The van der Waals surface area contributed by atoms with Crippen LogP contribution < -0.4 is 5.32 Å². The second-order valence-corrected chi connectivity index (χ2v) is 8.91. The molecule has 1 aromatic rings. The van der Waals surface area contributed by atoms with Crippen LogP contribution >= 0.6 is 0 Å². The molecule has 0 unspecified atom stereocenters. The number of likely N-dealkylation sites (tertiary alicyclic amines) is 1. The monoisotopic (exact) mass is 388 g/mol. The van der Waals surface area contributed by atoms with Gasteiger partial charge in [0.15, 0.2) is 0 Å². The minimum Gasteiger partial charge on any atom is -0.420 e. The zero-order chi connectivity index (χ0) is 20.0. The predicted molar refractivity (Wildman–Crippen MR) is 112 cm³/mol. The van der Waals surface area contributed by atoms with Crippen LogP contribution in [0.3, 0.4) is 0 Å². The quantitative estimate of drug-likeness (QED) is 0.759. The molecular formula is C23H38N3O2+. The van der Waals surface area contributed by atoms with E-state index in [0.717, 1.165) is 58.3 Å². The standard InChI is InChI=1S/C23H38N3O2/c1-4-28-22(27)26(16-7-5-6-8-17-26)23(11-14-24-15-12-23)20-10-9-13-25-21(20)18-19(2)3/h9-10,13,19,24H,4-8,11-12,14-18H2,1-3H3/q+1. The Hall–Kier alpha value is -1.46. The Morgan fingerprint density at radius 1 is 1.21 bits per heavy atom. The van der Waals surface area contributed by atoms with Crippen LogP contribution in [0, 0.1) is 5.92 Å². The summed E-state index contributed by atoms with van der Waals surface area (Å²) in [4.78, 5) is 18.4.